The van der Waals surface area contributed by atoms with E-state index in [0.29, 0.717) is 6.04 Å². The second-order valence-corrected chi connectivity index (χ2v) is 6.37. The Morgan fingerprint density at radius 1 is 0.857 bits per heavy atom. The SMILES string of the molecule is Clc1ccc(NC(c2ccccc2)C2CCCCC2)cc1. The summed E-state index contributed by atoms with van der Waals surface area (Å²) in [5.74, 6) is 0.719. The van der Waals surface area contributed by atoms with E-state index in [1.165, 1.54) is 37.7 Å². The van der Waals surface area contributed by atoms with Gasteiger partial charge in [0.05, 0.1) is 6.04 Å². The molecule has 0 amide bonds. The Morgan fingerprint density at radius 2 is 1.52 bits per heavy atom. The highest BCUT2D eigenvalue weighted by Crippen LogP contribution is 2.36. The monoisotopic (exact) mass is 299 g/mol. The van der Waals surface area contributed by atoms with Crippen molar-refractivity contribution in [2.24, 2.45) is 5.92 Å². The van der Waals surface area contributed by atoms with Gasteiger partial charge in [-0.3, -0.25) is 0 Å². The summed E-state index contributed by atoms with van der Waals surface area (Å²) in [7, 11) is 0. The van der Waals surface area contributed by atoms with Crippen LogP contribution in [0.1, 0.15) is 43.7 Å². The molecule has 0 saturated heterocycles. The van der Waals surface area contributed by atoms with Gasteiger partial charge in [-0.1, -0.05) is 61.2 Å². The molecular formula is C19H22ClN. The van der Waals surface area contributed by atoms with Gasteiger partial charge >= 0.3 is 0 Å². The third-order valence-electron chi connectivity index (χ3n) is 4.45. The van der Waals surface area contributed by atoms with Crippen LogP contribution in [-0.4, -0.2) is 0 Å². The molecule has 1 saturated carbocycles. The summed E-state index contributed by atoms with van der Waals surface area (Å²) in [6.45, 7) is 0. The van der Waals surface area contributed by atoms with Crippen molar-refractivity contribution in [2.75, 3.05) is 5.32 Å². The first-order valence-electron chi connectivity index (χ1n) is 7.90. The van der Waals surface area contributed by atoms with Crippen molar-refractivity contribution < 1.29 is 0 Å². The smallest absolute Gasteiger partial charge is 0.0542 e. The van der Waals surface area contributed by atoms with Gasteiger partial charge in [0.25, 0.3) is 0 Å². The molecule has 0 aromatic heterocycles. The minimum atomic E-state index is 0.396. The van der Waals surface area contributed by atoms with E-state index in [4.69, 9.17) is 11.6 Å². The fraction of sp³-hybridized carbons (Fsp3) is 0.368. The number of halogens is 1. The summed E-state index contributed by atoms with van der Waals surface area (Å²) in [5, 5.41) is 4.52. The summed E-state index contributed by atoms with van der Waals surface area (Å²) in [6.07, 6.45) is 6.74. The highest BCUT2D eigenvalue weighted by molar-refractivity contribution is 6.30. The molecule has 0 radical (unpaired) electrons. The van der Waals surface area contributed by atoms with Crippen LogP contribution in [0.5, 0.6) is 0 Å². The van der Waals surface area contributed by atoms with Gasteiger partial charge in [0.2, 0.25) is 0 Å². The van der Waals surface area contributed by atoms with Crippen LogP contribution in [0, 0.1) is 5.92 Å². The van der Waals surface area contributed by atoms with Crippen LogP contribution in [0.15, 0.2) is 54.6 Å². The Bertz CT molecular complexity index is 544. The van der Waals surface area contributed by atoms with E-state index in [2.05, 4.69) is 47.8 Å². The third kappa shape index (κ3) is 3.79. The number of rotatable bonds is 4. The van der Waals surface area contributed by atoms with Crippen LogP contribution < -0.4 is 5.32 Å². The molecule has 0 spiro atoms. The van der Waals surface area contributed by atoms with Gasteiger partial charge in [0.15, 0.2) is 0 Å². The molecule has 2 heteroatoms. The zero-order chi connectivity index (χ0) is 14.5. The fourth-order valence-corrected chi connectivity index (χ4v) is 3.45. The maximum atomic E-state index is 5.99. The van der Waals surface area contributed by atoms with Crippen LogP contribution in [-0.2, 0) is 0 Å². The van der Waals surface area contributed by atoms with E-state index in [1.807, 2.05) is 12.1 Å². The standard InChI is InChI=1S/C19H22ClN/c20-17-11-13-18(14-12-17)21-19(15-7-3-1-4-8-15)16-9-5-2-6-10-16/h1,3-4,7-8,11-14,16,19,21H,2,5-6,9-10H2. The lowest BCUT2D eigenvalue weighted by Gasteiger charge is -2.32. The highest BCUT2D eigenvalue weighted by atomic mass is 35.5. The minimum Gasteiger partial charge on any atom is -0.378 e. The van der Waals surface area contributed by atoms with Crippen LogP contribution >= 0.6 is 11.6 Å². The van der Waals surface area contributed by atoms with Crippen molar-refractivity contribution in [3.63, 3.8) is 0 Å². The number of hydrogen-bond donors (Lipinski definition) is 1. The maximum absolute atomic E-state index is 5.99. The Morgan fingerprint density at radius 3 is 2.19 bits per heavy atom. The lowest BCUT2D eigenvalue weighted by atomic mass is 9.81. The van der Waals surface area contributed by atoms with Crippen LogP contribution in [0.4, 0.5) is 5.69 Å². The zero-order valence-corrected chi connectivity index (χ0v) is 13.0. The largest absolute Gasteiger partial charge is 0.378 e. The van der Waals surface area contributed by atoms with Crippen molar-refractivity contribution >= 4 is 17.3 Å². The van der Waals surface area contributed by atoms with Gasteiger partial charge in [0, 0.05) is 10.7 Å². The van der Waals surface area contributed by atoms with Crippen LogP contribution in [0.2, 0.25) is 5.02 Å². The normalized spacial score (nSPS) is 17.4. The van der Waals surface area contributed by atoms with Crippen molar-refractivity contribution in [2.45, 2.75) is 38.1 Å². The first kappa shape index (κ1) is 14.5. The molecule has 0 bridgehead atoms. The fourth-order valence-electron chi connectivity index (χ4n) is 3.33. The summed E-state index contributed by atoms with van der Waals surface area (Å²) in [4.78, 5) is 0. The maximum Gasteiger partial charge on any atom is 0.0542 e. The zero-order valence-electron chi connectivity index (χ0n) is 12.3. The Balaban J connectivity index is 1.83. The molecule has 110 valence electrons. The first-order valence-corrected chi connectivity index (χ1v) is 8.28. The summed E-state index contributed by atoms with van der Waals surface area (Å²) < 4.78 is 0. The van der Waals surface area contributed by atoms with Crippen molar-refractivity contribution in [3.05, 3.63) is 65.2 Å². The summed E-state index contributed by atoms with van der Waals surface area (Å²) in [6, 6.07) is 19.3. The molecule has 2 aromatic carbocycles. The van der Waals surface area contributed by atoms with Crippen molar-refractivity contribution in [1.82, 2.24) is 0 Å². The molecule has 1 fully saturated rings. The first-order chi connectivity index (χ1) is 10.3. The van der Waals surface area contributed by atoms with E-state index in [1.54, 1.807) is 0 Å². The molecule has 0 heterocycles. The van der Waals surface area contributed by atoms with E-state index in [9.17, 15) is 0 Å². The van der Waals surface area contributed by atoms with E-state index < -0.39 is 0 Å². The number of anilines is 1. The molecule has 1 aliphatic rings. The topological polar surface area (TPSA) is 12.0 Å². The van der Waals surface area contributed by atoms with Gasteiger partial charge in [-0.2, -0.15) is 0 Å². The van der Waals surface area contributed by atoms with E-state index >= 15 is 0 Å². The van der Waals surface area contributed by atoms with E-state index in [0.717, 1.165) is 16.6 Å². The predicted molar refractivity (Wildman–Crippen MR) is 90.8 cm³/mol. The average Bonchev–Trinajstić information content (AvgIpc) is 2.56. The highest BCUT2D eigenvalue weighted by Gasteiger charge is 2.24. The Labute approximate surface area is 132 Å². The molecule has 1 nitrogen and oxygen atoms in total. The number of benzene rings is 2. The number of hydrogen-bond acceptors (Lipinski definition) is 1. The quantitative estimate of drug-likeness (QED) is 0.722. The molecule has 1 unspecified atom stereocenters. The Hall–Kier alpha value is -1.47. The lowest BCUT2D eigenvalue weighted by Crippen LogP contribution is -2.23. The predicted octanol–water partition coefficient (Wildman–Crippen LogP) is 6.07. The van der Waals surface area contributed by atoms with Gasteiger partial charge in [-0.05, 0) is 48.6 Å². The summed E-state index contributed by atoms with van der Waals surface area (Å²) in [5.41, 5.74) is 2.54. The van der Waals surface area contributed by atoms with Gasteiger partial charge < -0.3 is 5.32 Å². The second-order valence-electron chi connectivity index (χ2n) is 5.94. The van der Waals surface area contributed by atoms with Crippen molar-refractivity contribution in [3.8, 4) is 0 Å². The van der Waals surface area contributed by atoms with Gasteiger partial charge in [-0.15, -0.1) is 0 Å². The molecule has 1 aliphatic carbocycles. The lowest BCUT2D eigenvalue weighted by molar-refractivity contribution is 0.321. The number of nitrogens with one attached hydrogen (secondary N) is 1. The molecule has 2 aromatic rings. The van der Waals surface area contributed by atoms with Crippen LogP contribution in [0.25, 0.3) is 0 Å². The molecule has 1 atom stereocenters. The minimum absolute atomic E-state index is 0.396. The third-order valence-corrected chi connectivity index (χ3v) is 4.70. The molecule has 0 aliphatic heterocycles. The molecule has 3 rings (SSSR count). The van der Waals surface area contributed by atoms with Crippen LogP contribution in [0.3, 0.4) is 0 Å². The molecular weight excluding hydrogens is 278 g/mol. The Kier molecular flexibility index (Phi) is 4.82. The molecule has 21 heavy (non-hydrogen) atoms. The second kappa shape index (κ2) is 7.00. The van der Waals surface area contributed by atoms with E-state index in [-0.39, 0.29) is 0 Å². The average molecular weight is 300 g/mol. The van der Waals surface area contributed by atoms with Gasteiger partial charge in [0.1, 0.15) is 0 Å². The molecule has 1 N–H and O–H groups in total. The van der Waals surface area contributed by atoms with Gasteiger partial charge in [-0.25, -0.2) is 0 Å². The van der Waals surface area contributed by atoms with Crippen molar-refractivity contribution in [1.29, 1.82) is 0 Å². The summed E-state index contributed by atoms with van der Waals surface area (Å²) >= 11 is 5.99.